The molecule has 122 valence electrons. The van der Waals surface area contributed by atoms with Gasteiger partial charge in [0, 0.05) is 5.56 Å². The minimum atomic E-state index is -5.10. The number of alkyl halides is 6. The van der Waals surface area contributed by atoms with E-state index in [1.54, 1.807) is 0 Å². The number of halogens is 6. The predicted molar refractivity (Wildman–Crippen MR) is 57.5 cm³/mol. The van der Waals surface area contributed by atoms with Crippen LogP contribution in [0.25, 0.3) is 0 Å². The van der Waals surface area contributed by atoms with Crippen LogP contribution in [0.1, 0.15) is 21.5 Å². The number of hydrogen-bond acceptors (Lipinski definition) is 3. The molecule has 0 aliphatic heterocycles. The number of amides is 1. The van der Waals surface area contributed by atoms with E-state index in [1.165, 1.54) is 5.48 Å². The van der Waals surface area contributed by atoms with Crippen molar-refractivity contribution in [3.05, 3.63) is 34.9 Å². The quantitative estimate of drug-likeness (QED) is 0.656. The van der Waals surface area contributed by atoms with Crippen LogP contribution in [0.2, 0.25) is 0 Å². The number of aliphatic carboxylic acids is 1. The molecular weight excluding hydrogens is 324 g/mol. The normalized spacial score (nSPS) is 12.1. The highest BCUT2D eigenvalue weighted by Gasteiger charge is 2.37. The Bertz CT molecular complexity index is 549. The lowest BCUT2D eigenvalue weighted by atomic mass is 10.0. The molecule has 0 bridgehead atoms. The van der Waals surface area contributed by atoms with Crippen molar-refractivity contribution >= 4 is 11.9 Å². The van der Waals surface area contributed by atoms with Crippen LogP contribution in [-0.4, -0.2) is 23.6 Å². The lowest BCUT2D eigenvalue weighted by molar-refractivity contribution is -0.144. The first kappa shape index (κ1) is 17.8. The van der Waals surface area contributed by atoms with Crippen LogP contribution < -0.4 is 5.48 Å². The molecule has 0 spiro atoms. The van der Waals surface area contributed by atoms with Crippen molar-refractivity contribution in [3.8, 4) is 0 Å². The van der Waals surface area contributed by atoms with E-state index in [-0.39, 0.29) is 18.2 Å². The van der Waals surface area contributed by atoms with Gasteiger partial charge < -0.3 is 5.11 Å². The molecular formula is C11H7F6NO4. The van der Waals surface area contributed by atoms with Gasteiger partial charge in [0.25, 0.3) is 5.91 Å². The Balaban J connectivity index is 3.13. The number of carbonyl (C=O) groups is 2. The van der Waals surface area contributed by atoms with Crippen LogP contribution in [0.4, 0.5) is 26.3 Å². The number of hydrogen-bond donors (Lipinski definition) is 2. The van der Waals surface area contributed by atoms with Crippen LogP contribution >= 0.6 is 0 Å². The smallest absolute Gasteiger partial charge is 0.416 e. The van der Waals surface area contributed by atoms with Crippen LogP contribution in [0, 0.1) is 0 Å². The minimum absolute atomic E-state index is 0.144. The summed E-state index contributed by atoms with van der Waals surface area (Å²) in [5.41, 5.74) is -2.90. The molecule has 0 fully saturated rings. The maximum atomic E-state index is 12.5. The summed E-state index contributed by atoms with van der Waals surface area (Å²) in [6.45, 7) is -1.02. The topological polar surface area (TPSA) is 75.6 Å². The number of carbonyl (C=O) groups excluding carboxylic acids is 1. The van der Waals surface area contributed by atoms with Gasteiger partial charge in [0.1, 0.15) is 0 Å². The van der Waals surface area contributed by atoms with Gasteiger partial charge in [0.15, 0.2) is 6.61 Å². The summed E-state index contributed by atoms with van der Waals surface area (Å²) >= 11 is 0. The molecule has 1 amide bonds. The van der Waals surface area contributed by atoms with Crippen LogP contribution in [0.15, 0.2) is 18.2 Å². The largest absolute Gasteiger partial charge is 0.479 e. The Morgan fingerprint density at radius 3 is 1.82 bits per heavy atom. The third kappa shape index (κ3) is 4.91. The van der Waals surface area contributed by atoms with E-state index in [0.717, 1.165) is 0 Å². The zero-order chi connectivity index (χ0) is 17.1. The number of hydroxylamine groups is 1. The summed E-state index contributed by atoms with van der Waals surface area (Å²) < 4.78 is 75.3. The molecule has 0 aliphatic rings. The number of carboxylic acids is 1. The fraction of sp³-hybridized carbons (Fsp3) is 0.273. The number of carboxylic acid groups (broad SMARTS) is 1. The van der Waals surface area contributed by atoms with Crippen molar-refractivity contribution in [3.63, 3.8) is 0 Å². The van der Waals surface area contributed by atoms with E-state index >= 15 is 0 Å². The van der Waals surface area contributed by atoms with E-state index < -0.39 is 47.5 Å². The molecule has 1 aromatic carbocycles. The average Bonchev–Trinajstić information content (AvgIpc) is 2.35. The van der Waals surface area contributed by atoms with Crippen LogP contribution in [0.3, 0.4) is 0 Å². The van der Waals surface area contributed by atoms with Crippen molar-refractivity contribution in [2.45, 2.75) is 12.4 Å². The zero-order valence-electron chi connectivity index (χ0n) is 10.4. The Morgan fingerprint density at radius 1 is 1.00 bits per heavy atom. The molecule has 0 atom stereocenters. The predicted octanol–water partition coefficient (Wildman–Crippen LogP) is 2.47. The van der Waals surface area contributed by atoms with Crippen LogP contribution in [0.5, 0.6) is 0 Å². The van der Waals surface area contributed by atoms with E-state index in [4.69, 9.17) is 5.11 Å². The number of rotatable bonds is 4. The zero-order valence-corrected chi connectivity index (χ0v) is 10.4. The lowest BCUT2D eigenvalue weighted by Crippen LogP contribution is -2.27. The van der Waals surface area contributed by atoms with Gasteiger partial charge >= 0.3 is 18.3 Å². The Hall–Kier alpha value is -2.30. The van der Waals surface area contributed by atoms with E-state index in [0.29, 0.717) is 0 Å². The van der Waals surface area contributed by atoms with Gasteiger partial charge in [-0.1, -0.05) is 0 Å². The number of benzene rings is 1. The Labute approximate surface area is 118 Å². The first-order chi connectivity index (χ1) is 9.91. The summed E-state index contributed by atoms with van der Waals surface area (Å²) in [5.74, 6) is -2.95. The molecule has 0 unspecified atom stereocenters. The van der Waals surface area contributed by atoms with Crippen molar-refractivity contribution in [1.82, 2.24) is 5.48 Å². The van der Waals surface area contributed by atoms with Gasteiger partial charge in [-0.25, -0.2) is 10.3 Å². The van der Waals surface area contributed by atoms with Gasteiger partial charge in [-0.05, 0) is 18.2 Å². The third-order valence-electron chi connectivity index (χ3n) is 2.21. The van der Waals surface area contributed by atoms with Gasteiger partial charge in [-0.15, -0.1) is 0 Å². The fourth-order valence-electron chi connectivity index (χ4n) is 1.31. The first-order valence-electron chi connectivity index (χ1n) is 5.34. The minimum Gasteiger partial charge on any atom is -0.479 e. The van der Waals surface area contributed by atoms with Crippen LogP contribution in [-0.2, 0) is 22.0 Å². The van der Waals surface area contributed by atoms with Crippen molar-refractivity contribution in [1.29, 1.82) is 0 Å². The molecule has 22 heavy (non-hydrogen) atoms. The second kappa shape index (κ2) is 6.22. The highest BCUT2D eigenvalue weighted by atomic mass is 19.4. The molecule has 1 rings (SSSR count). The second-order valence-corrected chi connectivity index (χ2v) is 3.91. The molecule has 0 saturated carbocycles. The highest BCUT2D eigenvalue weighted by Crippen LogP contribution is 2.36. The summed E-state index contributed by atoms with van der Waals surface area (Å²) in [6.07, 6.45) is -10.2. The molecule has 0 aromatic heterocycles. The molecule has 0 radical (unpaired) electrons. The molecule has 2 N–H and O–H groups in total. The fourth-order valence-corrected chi connectivity index (χ4v) is 1.31. The van der Waals surface area contributed by atoms with Crippen molar-refractivity contribution in [2.75, 3.05) is 6.61 Å². The second-order valence-electron chi connectivity index (χ2n) is 3.91. The Kier molecular flexibility index (Phi) is 5.02. The van der Waals surface area contributed by atoms with E-state index in [9.17, 15) is 35.9 Å². The van der Waals surface area contributed by atoms with Gasteiger partial charge in [-0.3, -0.25) is 9.63 Å². The lowest BCUT2D eigenvalue weighted by Gasteiger charge is -2.13. The van der Waals surface area contributed by atoms with Gasteiger partial charge in [-0.2, -0.15) is 26.3 Å². The maximum Gasteiger partial charge on any atom is 0.416 e. The standard InChI is InChI=1S/C11H7F6NO4/c12-10(13,14)6-1-5(2-7(3-6)11(15,16)17)9(21)18-22-4-8(19)20/h1-3H,4H2,(H,18,21)(H,19,20). The SMILES string of the molecule is O=C(O)CONC(=O)c1cc(C(F)(F)F)cc(C(F)(F)F)c1. The van der Waals surface area contributed by atoms with Crippen molar-refractivity contribution < 1.29 is 45.9 Å². The highest BCUT2D eigenvalue weighted by molar-refractivity contribution is 5.94. The monoisotopic (exact) mass is 331 g/mol. The summed E-state index contributed by atoms with van der Waals surface area (Å²) in [7, 11) is 0. The average molecular weight is 331 g/mol. The summed E-state index contributed by atoms with van der Waals surface area (Å²) in [4.78, 5) is 25.6. The molecule has 5 nitrogen and oxygen atoms in total. The molecule has 1 aromatic rings. The molecule has 0 heterocycles. The summed E-state index contributed by atoms with van der Waals surface area (Å²) in [5, 5.41) is 8.22. The van der Waals surface area contributed by atoms with Gasteiger partial charge in [0.2, 0.25) is 0 Å². The van der Waals surface area contributed by atoms with Crippen molar-refractivity contribution in [2.24, 2.45) is 0 Å². The third-order valence-corrected chi connectivity index (χ3v) is 2.21. The first-order valence-corrected chi connectivity index (χ1v) is 5.34. The summed E-state index contributed by atoms with van der Waals surface area (Å²) in [6, 6.07) is 0.234. The molecule has 0 saturated heterocycles. The molecule has 0 aliphatic carbocycles. The maximum absolute atomic E-state index is 12.5. The van der Waals surface area contributed by atoms with E-state index in [2.05, 4.69) is 4.84 Å². The number of nitrogens with one attached hydrogen (secondary N) is 1. The van der Waals surface area contributed by atoms with Gasteiger partial charge in [0.05, 0.1) is 11.1 Å². The Morgan fingerprint density at radius 2 is 1.45 bits per heavy atom. The molecule has 11 heteroatoms. The van der Waals surface area contributed by atoms with E-state index in [1.807, 2.05) is 0 Å².